The summed E-state index contributed by atoms with van der Waals surface area (Å²) in [5.74, 6) is 0. The minimum absolute atomic E-state index is 0.888. The van der Waals surface area contributed by atoms with Crippen LogP contribution in [-0.2, 0) is 6.54 Å². The number of quaternary nitrogens is 1. The lowest BCUT2D eigenvalue weighted by Crippen LogP contribution is -3.11. The van der Waals surface area contributed by atoms with E-state index in [0.29, 0.717) is 0 Å². The van der Waals surface area contributed by atoms with Crippen LogP contribution >= 0.6 is 0 Å². The number of nitrogens with zero attached hydrogens (tertiary/aromatic N) is 1. The van der Waals surface area contributed by atoms with Crippen LogP contribution in [0, 0.1) is 11.3 Å². The van der Waals surface area contributed by atoms with E-state index in [-0.39, 0.29) is 0 Å². The van der Waals surface area contributed by atoms with Gasteiger partial charge in [0.15, 0.2) is 0 Å². The molecule has 1 heterocycles. The van der Waals surface area contributed by atoms with Crippen LogP contribution in [0.5, 0.6) is 0 Å². The van der Waals surface area contributed by atoms with Gasteiger partial charge < -0.3 is 4.90 Å². The largest absolute Gasteiger partial charge is 0.331 e. The van der Waals surface area contributed by atoms with Gasteiger partial charge in [-0.15, -0.1) is 0 Å². The Bertz CT molecular complexity index is 671. The summed E-state index contributed by atoms with van der Waals surface area (Å²) in [6.45, 7) is 3.31. The van der Waals surface area contributed by atoms with Gasteiger partial charge in [-0.1, -0.05) is 60.7 Å². The van der Waals surface area contributed by atoms with Crippen molar-refractivity contribution in [2.75, 3.05) is 13.1 Å². The minimum atomic E-state index is 0.888. The van der Waals surface area contributed by atoms with Gasteiger partial charge in [0.25, 0.3) is 0 Å². The SMILES string of the molecule is N#CC(=C1CC[NH+](Cc2ccccc2)CC1)c1ccccc1. The number of piperidine rings is 1. The van der Waals surface area contributed by atoms with Crippen molar-refractivity contribution in [3.05, 3.63) is 77.4 Å². The molecule has 0 bridgehead atoms. The van der Waals surface area contributed by atoms with E-state index in [0.717, 1.165) is 43.6 Å². The van der Waals surface area contributed by atoms with Gasteiger partial charge in [0.1, 0.15) is 6.54 Å². The number of rotatable bonds is 3. The van der Waals surface area contributed by atoms with E-state index in [4.69, 9.17) is 0 Å². The van der Waals surface area contributed by atoms with Crippen molar-refractivity contribution in [3.8, 4) is 6.07 Å². The lowest BCUT2D eigenvalue weighted by molar-refractivity contribution is -0.916. The summed E-state index contributed by atoms with van der Waals surface area (Å²) in [4.78, 5) is 1.61. The molecule has 3 rings (SSSR count). The van der Waals surface area contributed by atoms with E-state index in [9.17, 15) is 5.26 Å². The van der Waals surface area contributed by atoms with Crippen molar-refractivity contribution in [2.45, 2.75) is 19.4 Å². The van der Waals surface area contributed by atoms with E-state index in [2.05, 4.69) is 36.4 Å². The molecule has 2 nitrogen and oxygen atoms in total. The fraction of sp³-hybridized carbons (Fsp3) is 0.250. The third-order valence-corrected chi connectivity index (χ3v) is 4.39. The van der Waals surface area contributed by atoms with Gasteiger partial charge in [-0.05, 0) is 11.1 Å². The zero-order valence-electron chi connectivity index (χ0n) is 12.8. The zero-order chi connectivity index (χ0) is 15.2. The third kappa shape index (κ3) is 3.44. The van der Waals surface area contributed by atoms with Gasteiger partial charge >= 0.3 is 0 Å². The van der Waals surface area contributed by atoms with Crippen LogP contribution in [0.25, 0.3) is 5.57 Å². The van der Waals surface area contributed by atoms with Crippen LogP contribution in [0.4, 0.5) is 0 Å². The number of benzene rings is 2. The monoisotopic (exact) mass is 289 g/mol. The summed E-state index contributed by atoms with van der Waals surface area (Å²) in [6, 6.07) is 23.2. The van der Waals surface area contributed by atoms with Crippen LogP contribution in [-0.4, -0.2) is 13.1 Å². The Balaban J connectivity index is 1.68. The second-order valence-electron chi connectivity index (χ2n) is 5.87. The molecule has 0 aromatic heterocycles. The summed E-state index contributed by atoms with van der Waals surface area (Å²) in [5.41, 5.74) is 4.67. The smallest absolute Gasteiger partial charge is 0.103 e. The molecule has 0 atom stereocenters. The molecule has 2 aromatic rings. The molecule has 2 heteroatoms. The molecular weight excluding hydrogens is 268 g/mol. The van der Waals surface area contributed by atoms with Crippen LogP contribution in [0.3, 0.4) is 0 Å². The number of hydrogen-bond acceptors (Lipinski definition) is 1. The van der Waals surface area contributed by atoms with Gasteiger partial charge in [-0.3, -0.25) is 0 Å². The summed E-state index contributed by atoms with van der Waals surface area (Å²) < 4.78 is 0. The number of allylic oxidation sites excluding steroid dienone is 1. The molecule has 1 N–H and O–H groups in total. The average Bonchev–Trinajstić information content (AvgIpc) is 2.59. The first-order chi connectivity index (χ1) is 10.9. The molecule has 1 fully saturated rings. The maximum atomic E-state index is 9.52. The summed E-state index contributed by atoms with van der Waals surface area (Å²) in [5, 5.41) is 9.52. The average molecular weight is 289 g/mol. The molecule has 1 aliphatic rings. The Hall–Kier alpha value is -2.37. The van der Waals surface area contributed by atoms with Gasteiger partial charge in [0.05, 0.1) is 24.7 Å². The molecule has 1 aliphatic heterocycles. The maximum Gasteiger partial charge on any atom is 0.103 e. The maximum absolute atomic E-state index is 9.52. The van der Waals surface area contributed by atoms with E-state index in [1.807, 2.05) is 30.3 Å². The molecule has 22 heavy (non-hydrogen) atoms. The van der Waals surface area contributed by atoms with Crippen molar-refractivity contribution >= 4 is 5.57 Å². The van der Waals surface area contributed by atoms with Crippen LogP contribution in [0.15, 0.2) is 66.2 Å². The minimum Gasteiger partial charge on any atom is -0.331 e. The lowest BCUT2D eigenvalue weighted by atomic mass is 9.94. The predicted octanol–water partition coefficient (Wildman–Crippen LogP) is 2.84. The van der Waals surface area contributed by atoms with Crippen LogP contribution < -0.4 is 4.90 Å². The third-order valence-electron chi connectivity index (χ3n) is 4.39. The Kier molecular flexibility index (Phi) is 4.68. The first-order valence-corrected chi connectivity index (χ1v) is 7.92. The highest BCUT2D eigenvalue weighted by Crippen LogP contribution is 2.23. The topological polar surface area (TPSA) is 28.2 Å². The summed E-state index contributed by atoms with van der Waals surface area (Å²) in [7, 11) is 0. The van der Waals surface area contributed by atoms with Gasteiger partial charge in [-0.25, -0.2) is 0 Å². The molecule has 2 aromatic carbocycles. The van der Waals surface area contributed by atoms with Gasteiger partial charge in [-0.2, -0.15) is 5.26 Å². The molecule has 0 amide bonds. The fourth-order valence-electron chi connectivity index (χ4n) is 3.17. The van der Waals surface area contributed by atoms with E-state index >= 15 is 0 Å². The van der Waals surface area contributed by atoms with Gasteiger partial charge in [0.2, 0.25) is 0 Å². The van der Waals surface area contributed by atoms with Crippen LogP contribution in [0.2, 0.25) is 0 Å². The molecule has 1 saturated heterocycles. The Morgan fingerprint density at radius 1 is 0.909 bits per heavy atom. The highest BCUT2D eigenvalue weighted by atomic mass is 15.1. The lowest BCUT2D eigenvalue weighted by Gasteiger charge is -2.26. The summed E-state index contributed by atoms with van der Waals surface area (Å²) >= 11 is 0. The Morgan fingerprint density at radius 3 is 2.09 bits per heavy atom. The molecule has 0 unspecified atom stereocenters. The van der Waals surface area contributed by atoms with E-state index in [1.54, 1.807) is 4.90 Å². The highest BCUT2D eigenvalue weighted by molar-refractivity contribution is 5.79. The molecule has 0 radical (unpaired) electrons. The number of nitriles is 1. The van der Waals surface area contributed by atoms with E-state index < -0.39 is 0 Å². The fourth-order valence-corrected chi connectivity index (χ4v) is 3.17. The standard InChI is InChI=1S/C20H20N2/c21-15-20(18-9-5-2-6-10-18)19-11-13-22(14-12-19)16-17-7-3-1-4-8-17/h1-10H,11-14,16H2/p+1. The van der Waals surface area contributed by atoms with Gasteiger partial charge in [0, 0.05) is 18.4 Å². The Labute approximate surface area is 132 Å². The quantitative estimate of drug-likeness (QED) is 0.865. The van der Waals surface area contributed by atoms with Crippen molar-refractivity contribution in [2.24, 2.45) is 0 Å². The highest BCUT2D eigenvalue weighted by Gasteiger charge is 2.20. The second kappa shape index (κ2) is 7.06. The van der Waals surface area contributed by atoms with Crippen LogP contribution in [0.1, 0.15) is 24.0 Å². The molecule has 0 aliphatic carbocycles. The zero-order valence-corrected chi connectivity index (χ0v) is 12.8. The van der Waals surface area contributed by atoms with Crippen molar-refractivity contribution in [1.82, 2.24) is 0 Å². The number of hydrogen-bond donors (Lipinski definition) is 1. The molecule has 110 valence electrons. The molecule has 0 saturated carbocycles. The van der Waals surface area contributed by atoms with E-state index in [1.165, 1.54) is 11.1 Å². The summed E-state index contributed by atoms with van der Waals surface area (Å²) in [6.07, 6.45) is 2.06. The first-order valence-electron chi connectivity index (χ1n) is 7.92. The van der Waals surface area contributed by atoms with Crippen molar-refractivity contribution in [1.29, 1.82) is 5.26 Å². The second-order valence-corrected chi connectivity index (χ2v) is 5.87. The normalized spacial score (nSPS) is 17.8. The van der Waals surface area contributed by atoms with Crippen molar-refractivity contribution < 1.29 is 4.90 Å². The van der Waals surface area contributed by atoms with Crippen molar-refractivity contribution in [3.63, 3.8) is 0 Å². The molecular formula is C20H21N2+. The first kappa shape index (κ1) is 14.6. The Morgan fingerprint density at radius 2 is 1.50 bits per heavy atom. The number of likely N-dealkylation sites (tertiary alicyclic amines) is 1. The molecule has 0 spiro atoms. The predicted molar refractivity (Wildman–Crippen MR) is 89.1 cm³/mol. The number of nitrogens with one attached hydrogen (secondary N) is 1.